The standard InChI is InChI=1S/C27H25N3O6S.C26H22N2O5.C20H17N3O7.C20H19N3O5.C14H13BrN2O5/c1-17-11-13-20(14-12-17)37(34,35)29-23(31)16-36-22-10-6-9-21-25(22)24(26(32)27(28)33)18(2)30(21)15-19-7-4-3-5-8-19;1-16-21(23(29)25(27)30)22-19(28(16)15-17-9-4-2-5-10-17)13-8-14-20(22)33-24(26(31)32)18-11-6-3-7-12-18;1-11-17(19(26)20(21)27)18-14(22(11)9-12-5-3-2-4-6-12)7-13(23(28)29)8-15(18)30-10-16(24)25;1-11-16(19(26)20(22)27)17-14(28-10-15(24)25)8-7-13(21)18(17)23(11)9-12-5-3-2-4-6-12;1-7-11(13(20)14(16)21)12-8(17(7)6-15)3-2-4-9(12)22-5-10(18)19/h3-14H,15-16H2,1-2H3,(H2,28,33)(H,29,31);2-14,24H,15H2,1H3,(H2,27,30)(H,31,32);2-8H,9-10H2,1H3,(H2,21,27)(H,24,25);2-8H,9-10,21H2,1H3,(H2,22,27)(H,24,25);2-4H,5-6H2,1H3,(H2,16,21)(H,18,19). The number of hydrogen-bond acceptors (Lipinski definition) is 25. The third-order valence-electron chi connectivity index (χ3n) is 23.6. The van der Waals surface area contributed by atoms with Gasteiger partial charge in [0.15, 0.2) is 26.4 Å². The molecule has 41 nitrogen and oxygen atoms in total. The molecule has 150 heavy (non-hydrogen) atoms. The maximum atomic E-state index is 12.8. The summed E-state index contributed by atoms with van der Waals surface area (Å²) >= 11 is 3.32. The number of nitrogen functional groups attached to an aromatic ring is 1. The van der Waals surface area contributed by atoms with Gasteiger partial charge in [0.1, 0.15) is 28.7 Å². The largest absolute Gasteiger partial charge is 0.483 e. The summed E-state index contributed by atoms with van der Waals surface area (Å²) < 4.78 is 63.4. The van der Waals surface area contributed by atoms with Gasteiger partial charge in [-0.2, -0.15) is 0 Å². The number of fused-ring (bicyclic) bond motifs is 5. The van der Waals surface area contributed by atoms with Gasteiger partial charge in [-0.05, 0) is 124 Å². The Morgan fingerprint density at radius 1 is 0.367 bits per heavy atom. The predicted octanol–water partition coefficient (Wildman–Crippen LogP) is 11.9. The molecule has 0 saturated heterocycles. The first kappa shape index (κ1) is 110. The number of nitrogens with one attached hydrogen (secondary N) is 1. The molecule has 43 heteroatoms. The second kappa shape index (κ2) is 48.0. The van der Waals surface area contributed by atoms with E-state index in [-0.39, 0.29) is 90.0 Å². The monoisotopic (exact) mass is 2120 g/mol. The molecule has 0 fully saturated rings. The Balaban J connectivity index is 0.000000168. The Morgan fingerprint density at radius 2 is 0.680 bits per heavy atom. The number of carboxylic acid groups (broad SMARTS) is 4. The average molecular weight is 2120 g/mol. The number of carboxylic acids is 4. The van der Waals surface area contributed by atoms with E-state index >= 15 is 0 Å². The maximum Gasteiger partial charge on any atom is 0.349 e. The second-order valence-corrected chi connectivity index (χ2v) is 35.6. The zero-order chi connectivity index (χ0) is 109. The van der Waals surface area contributed by atoms with E-state index in [1.54, 1.807) is 145 Å². The molecular weight excluding hydrogens is 2030 g/mol. The zero-order valence-corrected chi connectivity index (χ0v) is 83.1. The molecule has 1 unspecified atom stereocenters. The smallest absolute Gasteiger partial charge is 0.349 e. The fourth-order valence-corrected chi connectivity index (χ4v) is 18.5. The van der Waals surface area contributed by atoms with Crippen molar-refractivity contribution in [1.82, 2.24) is 27.6 Å². The number of hydrogen-bond donors (Lipinski definition) is 11. The van der Waals surface area contributed by atoms with E-state index in [0.29, 0.717) is 103 Å². The van der Waals surface area contributed by atoms with Gasteiger partial charge in [-0.25, -0.2) is 32.3 Å². The summed E-state index contributed by atoms with van der Waals surface area (Å²) in [6, 6.07) is 72.7. The summed E-state index contributed by atoms with van der Waals surface area (Å²) in [6.45, 7) is 9.08. The maximum absolute atomic E-state index is 12.8. The molecule has 0 aliphatic heterocycles. The first-order valence-electron chi connectivity index (χ1n) is 45.1. The summed E-state index contributed by atoms with van der Waals surface area (Å²) in [7, 11) is -4.09. The SMILES string of the molecule is Cc1c(C(=O)C(N)=O)c2c(OC(C(=O)O)c3ccccc3)cccc2n1Cc1ccccc1.Cc1c(C(=O)C(N)=O)c2c(OCC(=O)O)cc([N+](=O)[O-])cc2n1Cc1ccccc1.Cc1c(C(=O)C(N)=O)c2c(OCC(=O)O)ccc(N)c2n1Cc1ccccc1.Cc1c(C(=O)C(N)=O)c2c(OCC(=O)O)cccc2n1CBr.Cc1ccc(S(=O)(=O)NC(=O)COc2cccc3c2c(C(=O)C(N)=O)c(C)n3Cc2ccccc2)cc1. The number of ketones is 5. The molecule has 17 N–H and O–H groups in total. The topological polar surface area (TPSA) is 653 Å². The van der Waals surface area contributed by atoms with E-state index in [4.69, 9.17) is 73.4 Å². The van der Waals surface area contributed by atoms with Crippen LogP contribution in [0.5, 0.6) is 28.7 Å². The van der Waals surface area contributed by atoms with Crippen molar-refractivity contribution in [2.75, 3.05) is 32.2 Å². The number of nitro benzene ring substituents is 1. The third-order valence-corrected chi connectivity index (χ3v) is 25.5. The highest BCUT2D eigenvalue weighted by Crippen LogP contribution is 2.44. The van der Waals surface area contributed by atoms with Crippen molar-refractivity contribution in [3.8, 4) is 28.7 Å². The van der Waals surface area contributed by atoms with Crippen LogP contribution in [-0.4, -0.2) is 171 Å². The highest BCUT2D eigenvalue weighted by atomic mass is 79.9. The third kappa shape index (κ3) is 24.9. The number of carbonyl (C=O) groups is 15. The van der Waals surface area contributed by atoms with Crippen molar-refractivity contribution < 1.29 is 129 Å². The molecule has 0 radical (unpaired) electrons. The second-order valence-electron chi connectivity index (χ2n) is 33.5. The van der Waals surface area contributed by atoms with Gasteiger partial charge in [0.2, 0.25) is 6.10 Å². The van der Waals surface area contributed by atoms with Crippen molar-refractivity contribution in [2.45, 2.75) is 84.2 Å². The van der Waals surface area contributed by atoms with Gasteiger partial charge >= 0.3 is 23.9 Å². The number of benzene rings is 11. The van der Waals surface area contributed by atoms with Gasteiger partial charge in [0.05, 0.1) is 109 Å². The normalized spacial score (nSPS) is 11.1. The molecule has 16 aromatic rings. The van der Waals surface area contributed by atoms with Crippen LogP contribution in [0.25, 0.3) is 54.5 Å². The number of nitrogens with zero attached hydrogens (tertiary/aromatic N) is 6. The summed E-state index contributed by atoms with van der Waals surface area (Å²) in [5.74, 6) is -15.3. The van der Waals surface area contributed by atoms with E-state index in [1.165, 1.54) is 30.3 Å². The van der Waals surface area contributed by atoms with Gasteiger partial charge in [-0.15, -0.1) is 0 Å². The molecule has 5 heterocycles. The van der Waals surface area contributed by atoms with E-state index in [0.717, 1.165) is 33.9 Å². The van der Waals surface area contributed by atoms with Crippen molar-refractivity contribution in [1.29, 1.82) is 0 Å². The predicted molar refractivity (Wildman–Crippen MR) is 552 cm³/mol. The summed E-state index contributed by atoms with van der Waals surface area (Å²) in [5, 5.41) is 49.3. The molecule has 0 aliphatic carbocycles. The number of nitrogens with two attached hydrogens (primary N) is 6. The number of aliphatic carboxylic acids is 4. The number of primary amides is 5. The minimum atomic E-state index is -4.09. The first-order chi connectivity index (χ1) is 71.3. The lowest BCUT2D eigenvalue weighted by Crippen LogP contribution is -2.34. The average Bonchev–Trinajstić information content (AvgIpc) is 1.61. The van der Waals surface area contributed by atoms with Crippen molar-refractivity contribution >= 4 is 180 Å². The number of amides is 6. The van der Waals surface area contributed by atoms with Gasteiger partial charge in [-0.3, -0.25) is 62.9 Å². The summed E-state index contributed by atoms with van der Waals surface area (Å²) in [4.78, 5) is 189. The number of non-ortho nitro benzene ring substituents is 1. The minimum absolute atomic E-state index is 0.0588. The number of rotatable bonds is 38. The Morgan fingerprint density at radius 3 is 1.05 bits per heavy atom. The Kier molecular flexibility index (Phi) is 35.1. The van der Waals surface area contributed by atoms with Crippen molar-refractivity contribution in [3.05, 3.63) is 355 Å². The molecule has 6 amide bonds. The molecule has 0 bridgehead atoms. The summed E-state index contributed by atoms with van der Waals surface area (Å²) in [5.41, 5.74) is 43.2. The Bertz CT molecular complexity index is 8190. The number of aryl methyl sites for hydroxylation is 1. The van der Waals surface area contributed by atoms with E-state index in [1.807, 2.05) is 142 Å². The number of anilines is 1. The number of carbonyl (C=O) groups excluding carboxylic acids is 11. The quantitative estimate of drug-likeness (QED) is 0.00427. The highest BCUT2D eigenvalue weighted by Gasteiger charge is 2.35. The molecule has 0 saturated carbocycles. The van der Waals surface area contributed by atoms with Crippen LogP contribution in [0.3, 0.4) is 0 Å². The number of Topliss-reactive ketones (excluding diaryl/α,β-unsaturated/α-hetero) is 5. The van der Waals surface area contributed by atoms with Crippen LogP contribution in [-0.2, 0) is 89.6 Å². The number of alkyl halides is 1. The van der Waals surface area contributed by atoms with Crippen LogP contribution >= 0.6 is 15.9 Å². The van der Waals surface area contributed by atoms with Crippen LogP contribution in [0.1, 0.15) is 120 Å². The number of ether oxygens (including phenoxy) is 5. The number of halogens is 1. The van der Waals surface area contributed by atoms with Crippen LogP contribution in [0.15, 0.2) is 260 Å². The fraction of sp³-hybridized carbons (Fsp3) is 0.150. The molecular formula is C107H96BrN13O28S. The lowest BCUT2D eigenvalue weighted by atomic mass is 10.0. The van der Waals surface area contributed by atoms with Gasteiger partial charge < -0.3 is 101 Å². The van der Waals surface area contributed by atoms with Gasteiger partial charge in [0.25, 0.3) is 80.1 Å². The van der Waals surface area contributed by atoms with Crippen LogP contribution in [0, 0.1) is 51.7 Å². The lowest BCUT2D eigenvalue weighted by Gasteiger charge is -2.17. The van der Waals surface area contributed by atoms with Gasteiger partial charge in [-0.1, -0.05) is 203 Å². The highest BCUT2D eigenvalue weighted by molar-refractivity contribution is 9.08. The van der Waals surface area contributed by atoms with E-state index in [9.17, 15) is 95.6 Å². The fourth-order valence-electron chi connectivity index (χ4n) is 16.9. The molecule has 0 spiro atoms. The molecule has 11 aromatic carbocycles. The summed E-state index contributed by atoms with van der Waals surface area (Å²) in [6.07, 6.45) is -1.30. The van der Waals surface area contributed by atoms with Crippen molar-refractivity contribution in [3.63, 3.8) is 0 Å². The molecule has 5 aromatic heterocycles. The van der Waals surface area contributed by atoms with Crippen LogP contribution in [0.2, 0.25) is 0 Å². The minimum Gasteiger partial charge on any atom is -0.483 e. The molecule has 1 atom stereocenters. The van der Waals surface area contributed by atoms with E-state index in [2.05, 4.69) is 15.9 Å². The van der Waals surface area contributed by atoms with Gasteiger partial charge in [0, 0.05) is 66.3 Å². The van der Waals surface area contributed by atoms with E-state index < -0.39 is 136 Å². The van der Waals surface area contributed by atoms with Crippen LogP contribution in [0.4, 0.5) is 11.4 Å². The van der Waals surface area contributed by atoms with Crippen LogP contribution < -0.4 is 62.8 Å². The number of aromatic nitrogens is 5. The molecule has 16 rings (SSSR count). The first-order valence-corrected chi connectivity index (χ1v) is 47.7. The number of sulfonamides is 1. The number of nitro groups is 1. The Hall–Kier alpha value is -19.2. The van der Waals surface area contributed by atoms with Crippen molar-refractivity contribution in [2.24, 2.45) is 28.7 Å². The lowest BCUT2D eigenvalue weighted by molar-refractivity contribution is -0.384. The molecule has 0 aliphatic rings. The Labute approximate surface area is 860 Å². The molecule has 770 valence electrons. The zero-order valence-electron chi connectivity index (χ0n) is 80.7.